The first-order valence-electron chi connectivity index (χ1n) is 5.22. The Kier molecular flexibility index (Phi) is 4.30. The van der Waals surface area contributed by atoms with Crippen molar-refractivity contribution < 1.29 is 17.6 Å². The van der Waals surface area contributed by atoms with Crippen molar-refractivity contribution in [3.05, 3.63) is 35.6 Å². The third kappa shape index (κ3) is 4.72. The zero-order valence-electron chi connectivity index (χ0n) is 9.68. The fourth-order valence-corrected chi connectivity index (χ4v) is 1.49. The number of alkyl halides is 3. The Balaban J connectivity index is 2.74. The molecule has 0 amide bonds. The molecule has 0 heterocycles. The van der Waals surface area contributed by atoms with Crippen LogP contribution < -0.4 is 5.32 Å². The van der Waals surface area contributed by atoms with Crippen LogP contribution in [0, 0.1) is 17.1 Å². The summed E-state index contributed by atoms with van der Waals surface area (Å²) in [5, 5.41) is 11.1. The molecular weight excluding hydrogens is 248 g/mol. The molecule has 0 aliphatic rings. The highest BCUT2D eigenvalue weighted by molar-refractivity contribution is 5.22. The second-order valence-corrected chi connectivity index (χ2v) is 4.22. The van der Waals surface area contributed by atoms with Crippen LogP contribution >= 0.6 is 0 Å². The number of benzene rings is 1. The number of hydrogen-bond donors (Lipinski definition) is 1. The zero-order valence-corrected chi connectivity index (χ0v) is 9.68. The van der Waals surface area contributed by atoms with Gasteiger partial charge in [-0.3, -0.25) is 5.32 Å². The van der Waals surface area contributed by atoms with E-state index in [1.54, 1.807) is 12.1 Å². The van der Waals surface area contributed by atoms with Crippen molar-refractivity contribution in [1.29, 1.82) is 5.26 Å². The van der Waals surface area contributed by atoms with E-state index in [4.69, 9.17) is 5.26 Å². The van der Waals surface area contributed by atoms with Crippen molar-refractivity contribution in [3.8, 4) is 6.07 Å². The first-order chi connectivity index (χ1) is 8.24. The van der Waals surface area contributed by atoms with E-state index in [2.05, 4.69) is 5.32 Å². The second-order valence-electron chi connectivity index (χ2n) is 4.22. The van der Waals surface area contributed by atoms with E-state index >= 15 is 0 Å². The van der Waals surface area contributed by atoms with E-state index in [9.17, 15) is 17.6 Å². The van der Waals surface area contributed by atoms with Gasteiger partial charge in [-0.05, 0) is 24.6 Å². The summed E-state index contributed by atoms with van der Waals surface area (Å²) >= 11 is 0. The Morgan fingerprint density at radius 3 is 2.50 bits per heavy atom. The molecule has 0 bridgehead atoms. The Hall–Kier alpha value is -1.61. The molecule has 0 aliphatic heterocycles. The monoisotopic (exact) mass is 260 g/mol. The van der Waals surface area contributed by atoms with Crippen LogP contribution in [-0.2, 0) is 6.42 Å². The standard InChI is InChI=1S/C12H12F4N2/c1-11(7-17,18-8-12(14,15)16)6-9-3-2-4-10(13)5-9/h2-5,18H,6,8H2,1H3. The molecule has 1 N–H and O–H groups in total. The summed E-state index contributed by atoms with van der Waals surface area (Å²) in [6.07, 6.45) is -4.39. The summed E-state index contributed by atoms with van der Waals surface area (Å²) in [7, 11) is 0. The van der Waals surface area contributed by atoms with Crippen LogP contribution in [0.1, 0.15) is 12.5 Å². The van der Waals surface area contributed by atoms with E-state index in [0.29, 0.717) is 5.56 Å². The maximum absolute atomic E-state index is 12.9. The summed E-state index contributed by atoms with van der Waals surface area (Å²) in [4.78, 5) is 0. The largest absolute Gasteiger partial charge is 0.401 e. The van der Waals surface area contributed by atoms with E-state index < -0.39 is 24.1 Å². The molecule has 0 fully saturated rings. The van der Waals surface area contributed by atoms with Crippen LogP contribution in [0.3, 0.4) is 0 Å². The van der Waals surface area contributed by atoms with Crippen LogP contribution in [0.25, 0.3) is 0 Å². The van der Waals surface area contributed by atoms with Gasteiger partial charge in [0.25, 0.3) is 0 Å². The van der Waals surface area contributed by atoms with Gasteiger partial charge in [0.2, 0.25) is 0 Å². The summed E-state index contributed by atoms with van der Waals surface area (Å²) < 4.78 is 49.2. The highest BCUT2D eigenvalue weighted by atomic mass is 19.4. The number of nitrogens with one attached hydrogen (secondary N) is 1. The fraction of sp³-hybridized carbons (Fsp3) is 0.417. The molecule has 1 aromatic rings. The Morgan fingerprint density at radius 1 is 1.33 bits per heavy atom. The third-order valence-corrected chi connectivity index (χ3v) is 2.37. The van der Waals surface area contributed by atoms with Gasteiger partial charge in [-0.25, -0.2) is 4.39 Å². The van der Waals surface area contributed by atoms with Crippen LogP contribution in [0.15, 0.2) is 24.3 Å². The number of hydrogen-bond acceptors (Lipinski definition) is 2. The second kappa shape index (κ2) is 5.36. The number of nitrogens with zero attached hydrogens (tertiary/aromatic N) is 1. The van der Waals surface area contributed by atoms with Gasteiger partial charge >= 0.3 is 6.18 Å². The lowest BCUT2D eigenvalue weighted by molar-refractivity contribution is -0.127. The van der Waals surface area contributed by atoms with E-state index in [0.717, 1.165) is 0 Å². The van der Waals surface area contributed by atoms with Crippen molar-refractivity contribution in [2.75, 3.05) is 6.54 Å². The molecule has 0 aliphatic carbocycles. The average molecular weight is 260 g/mol. The van der Waals surface area contributed by atoms with Gasteiger partial charge in [-0.1, -0.05) is 12.1 Å². The molecule has 0 radical (unpaired) electrons. The lowest BCUT2D eigenvalue weighted by Gasteiger charge is -2.24. The van der Waals surface area contributed by atoms with Crippen LogP contribution in [-0.4, -0.2) is 18.3 Å². The lowest BCUT2D eigenvalue weighted by atomic mass is 9.94. The van der Waals surface area contributed by atoms with Gasteiger partial charge in [0, 0.05) is 6.42 Å². The topological polar surface area (TPSA) is 35.8 Å². The molecule has 18 heavy (non-hydrogen) atoms. The minimum Gasteiger partial charge on any atom is -0.291 e. The number of rotatable bonds is 4. The molecule has 2 nitrogen and oxygen atoms in total. The lowest BCUT2D eigenvalue weighted by Crippen LogP contribution is -2.47. The molecule has 0 aromatic heterocycles. The van der Waals surface area contributed by atoms with Gasteiger partial charge in [0.1, 0.15) is 11.4 Å². The van der Waals surface area contributed by atoms with E-state index in [1.807, 2.05) is 0 Å². The van der Waals surface area contributed by atoms with E-state index in [-0.39, 0.29) is 6.42 Å². The van der Waals surface area contributed by atoms with E-state index in [1.165, 1.54) is 25.1 Å². The average Bonchev–Trinajstić information content (AvgIpc) is 2.26. The van der Waals surface area contributed by atoms with Gasteiger partial charge in [0.15, 0.2) is 0 Å². The smallest absolute Gasteiger partial charge is 0.291 e. The molecule has 1 atom stereocenters. The molecule has 0 spiro atoms. The normalized spacial score (nSPS) is 14.9. The number of halogens is 4. The summed E-state index contributed by atoms with van der Waals surface area (Å²) in [5.41, 5.74) is -0.919. The zero-order chi connectivity index (χ0) is 13.8. The van der Waals surface area contributed by atoms with Gasteiger partial charge in [0.05, 0.1) is 12.6 Å². The first kappa shape index (κ1) is 14.5. The van der Waals surface area contributed by atoms with Crippen molar-refractivity contribution >= 4 is 0 Å². The minimum absolute atomic E-state index is 0.00264. The quantitative estimate of drug-likeness (QED) is 0.845. The maximum atomic E-state index is 12.9. The Morgan fingerprint density at radius 2 is 2.00 bits per heavy atom. The maximum Gasteiger partial charge on any atom is 0.401 e. The number of nitriles is 1. The Bertz CT molecular complexity index is 450. The first-order valence-corrected chi connectivity index (χ1v) is 5.22. The molecule has 1 aromatic carbocycles. The predicted molar refractivity (Wildman–Crippen MR) is 58.2 cm³/mol. The van der Waals surface area contributed by atoms with Crippen molar-refractivity contribution in [2.24, 2.45) is 0 Å². The summed E-state index contributed by atoms with van der Waals surface area (Å²) in [5.74, 6) is -0.483. The van der Waals surface area contributed by atoms with Gasteiger partial charge in [-0.15, -0.1) is 0 Å². The SMILES string of the molecule is CC(C#N)(Cc1cccc(F)c1)NCC(F)(F)F. The van der Waals surface area contributed by atoms with Crippen LogP contribution in [0.4, 0.5) is 17.6 Å². The highest BCUT2D eigenvalue weighted by Crippen LogP contribution is 2.18. The van der Waals surface area contributed by atoms with Crippen molar-refractivity contribution in [1.82, 2.24) is 5.32 Å². The molecule has 6 heteroatoms. The summed E-state index contributed by atoms with van der Waals surface area (Å²) in [6.45, 7) is 0.0933. The van der Waals surface area contributed by atoms with Crippen LogP contribution in [0.2, 0.25) is 0 Å². The molecule has 1 unspecified atom stereocenters. The van der Waals surface area contributed by atoms with Crippen LogP contribution in [0.5, 0.6) is 0 Å². The molecule has 98 valence electrons. The van der Waals surface area contributed by atoms with Crippen molar-refractivity contribution in [2.45, 2.75) is 25.1 Å². The summed E-state index contributed by atoms with van der Waals surface area (Å²) in [6, 6.07) is 7.23. The van der Waals surface area contributed by atoms with Gasteiger partial charge in [-0.2, -0.15) is 18.4 Å². The van der Waals surface area contributed by atoms with Crippen molar-refractivity contribution in [3.63, 3.8) is 0 Å². The highest BCUT2D eigenvalue weighted by Gasteiger charge is 2.33. The predicted octanol–water partition coefficient (Wildman–Crippen LogP) is 2.80. The molecule has 0 saturated carbocycles. The molecule has 1 rings (SSSR count). The third-order valence-electron chi connectivity index (χ3n) is 2.37. The fourth-order valence-electron chi connectivity index (χ4n) is 1.49. The van der Waals surface area contributed by atoms with Gasteiger partial charge < -0.3 is 0 Å². The Labute approximate surface area is 102 Å². The molecular formula is C12H12F4N2. The minimum atomic E-state index is -4.39. The molecule has 0 saturated heterocycles.